The van der Waals surface area contributed by atoms with Gasteiger partial charge in [-0.3, -0.25) is 4.68 Å². The summed E-state index contributed by atoms with van der Waals surface area (Å²) in [5.41, 5.74) is 2.46. The summed E-state index contributed by atoms with van der Waals surface area (Å²) in [7, 11) is 0. The summed E-state index contributed by atoms with van der Waals surface area (Å²) in [6, 6.07) is 0. The highest BCUT2D eigenvalue weighted by Crippen LogP contribution is 2.36. The van der Waals surface area contributed by atoms with Gasteiger partial charge in [0.2, 0.25) is 0 Å². The summed E-state index contributed by atoms with van der Waals surface area (Å²) in [5, 5.41) is 14.5. The summed E-state index contributed by atoms with van der Waals surface area (Å²) >= 11 is 3.70. The van der Waals surface area contributed by atoms with Crippen LogP contribution in [0.3, 0.4) is 0 Å². The summed E-state index contributed by atoms with van der Waals surface area (Å²) in [6.45, 7) is 7.36. The van der Waals surface area contributed by atoms with Crippen LogP contribution in [0, 0.1) is 11.8 Å². The second-order valence-corrected chi connectivity index (χ2v) is 6.14. The van der Waals surface area contributed by atoms with Crippen LogP contribution in [0.1, 0.15) is 45.0 Å². The molecule has 1 aromatic rings. The standard InChI is InChI=1S/C14H23BrN2O/c1-4-11-14(15)12(17(5-2)16-11)8-10-6-7-13(18)9(10)3/h9-10,13,18H,4-8H2,1-3H3. The van der Waals surface area contributed by atoms with Crippen LogP contribution in [0.4, 0.5) is 0 Å². The summed E-state index contributed by atoms with van der Waals surface area (Å²) < 4.78 is 3.29. The van der Waals surface area contributed by atoms with E-state index < -0.39 is 0 Å². The smallest absolute Gasteiger partial charge is 0.0766 e. The Hall–Kier alpha value is -0.350. The minimum atomic E-state index is -0.114. The molecule has 1 N–H and O–H groups in total. The van der Waals surface area contributed by atoms with Crippen molar-refractivity contribution in [2.45, 2.75) is 59.1 Å². The van der Waals surface area contributed by atoms with Crippen LogP contribution >= 0.6 is 15.9 Å². The molecule has 0 aromatic carbocycles. The molecule has 0 bridgehead atoms. The van der Waals surface area contributed by atoms with Crippen LogP contribution in [-0.4, -0.2) is 21.0 Å². The maximum absolute atomic E-state index is 9.86. The molecule has 3 nitrogen and oxygen atoms in total. The number of hydrogen-bond acceptors (Lipinski definition) is 2. The van der Waals surface area contributed by atoms with Crippen molar-refractivity contribution in [2.24, 2.45) is 11.8 Å². The van der Waals surface area contributed by atoms with E-state index in [2.05, 4.69) is 46.5 Å². The van der Waals surface area contributed by atoms with Crippen molar-refractivity contribution in [1.82, 2.24) is 9.78 Å². The summed E-state index contributed by atoms with van der Waals surface area (Å²) in [6.07, 6.45) is 3.95. The van der Waals surface area contributed by atoms with E-state index in [4.69, 9.17) is 0 Å². The maximum atomic E-state index is 9.86. The maximum Gasteiger partial charge on any atom is 0.0766 e. The van der Waals surface area contributed by atoms with E-state index in [1.54, 1.807) is 0 Å². The number of rotatable bonds is 4. The molecule has 1 aliphatic carbocycles. The van der Waals surface area contributed by atoms with Gasteiger partial charge in [0.25, 0.3) is 0 Å². The topological polar surface area (TPSA) is 38.0 Å². The summed E-state index contributed by atoms with van der Waals surface area (Å²) in [4.78, 5) is 0. The van der Waals surface area contributed by atoms with E-state index in [0.29, 0.717) is 11.8 Å². The van der Waals surface area contributed by atoms with Crippen molar-refractivity contribution in [2.75, 3.05) is 0 Å². The van der Waals surface area contributed by atoms with Gasteiger partial charge < -0.3 is 5.11 Å². The van der Waals surface area contributed by atoms with Gasteiger partial charge in [-0.2, -0.15) is 5.10 Å². The van der Waals surface area contributed by atoms with E-state index >= 15 is 0 Å². The fourth-order valence-electron chi connectivity index (χ4n) is 2.97. The second kappa shape index (κ2) is 5.74. The van der Waals surface area contributed by atoms with E-state index in [-0.39, 0.29) is 6.10 Å². The van der Waals surface area contributed by atoms with Gasteiger partial charge in [0.1, 0.15) is 0 Å². The lowest BCUT2D eigenvalue weighted by atomic mass is 9.92. The normalized spacial score (nSPS) is 27.9. The molecule has 1 aliphatic rings. The largest absolute Gasteiger partial charge is 0.393 e. The zero-order valence-electron chi connectivity index (χ0n) is 11.5. The van der Waals surface area contributed by atoms with Crippen LogP contribution in [-0.2, 0) is 19.4 Å². The fraction of sp³-hybridized carbons (Fsp3) is 0.786. The molecule has 0 aliphatic heterocycles. The average Bonchev–Trinajstić information content (AvgIpc) is 2.85. The first-order valence-electron chi connectivity index (χ1n) is 7.00. The zero-order valence-corrected chi connectivity index (χ0v) is 13.1. The van der Waals surface area contributed by atoms with E-state index in [1.165, 1.54) is 10.2 Å². The van der Waals surface area contributed by atoms with E-state index in [1.807, 2.05) is 0 Å². The third-order valence-corrected chi connectivity index (χ3v) is 5.25. The number of nitrogens with zero attached hydrogens (tertiary/aromatic N) is 2. The molecule has 4 heteroatoms. The molecule has 1 heterocycles. The lowest BCUT2D eigenvalue weighted by molar-refractivity contribution is 0.127. The number of aliphatic hydroxyl groups is 1. The predicted octanol–water partition coefficient (Wildman–Crippen LogP) is 3.18. The predicted molar refractivity (Wildman–Crippen MR) is 76.6 cm³/mol. The number of aliphatic hydroxyl groups excluding tert-OH is 1. The summed E-state index contributed by atoms with van der Waals surface area (Å²) in [5.74, 6) is 0.991. The quantitative estimate of drug-likeness (QED) is 0.927. The molecule has 102 valence electrons. The average molecular weight is 315 g/mol. The molecule has 0 saturated heterocycles. The molecule has 2 rings (SSSR count). The highest BCUT2D eigenvalue weighted by molar-refractivity contribution is 9.10. The van der Waals surface area contributed by atoms with Crippen molar-refractivity contribution >= 4 is 15.9 Å². The molecular weight excluding hydrogens is 292 g/mol. The van der Waals surface area contributed by atoms with Crippen molar-refractivity contribution in [3.63, 3.8) is 0 Å². The number of hydrogen-bond donors (Lipinski definition) is 1. The Balaban J connectivity index is 2.20. The monoisotopic (exact) mass is 314 g/mol. The van der Waals surface area contributed by atoms with Crippen LogP contribution in [0.25, 0.3) is 0 Å². The van der Waals surface area contributed by atoms with Gasteiger partial charge in [-0.1, -0.05) is 13.8 Å². The first-order chi connectivity index (χ1) is 8.58. The number of aromatic nitrogens is 2. The third kappa shape index (κ3) is 2.50. The first-order valence-corrected chi connectivity index (χ1v) is 7.79. The fourth-order valence-corrected chi connectivity index (χ4v) is 3.70. The van der Waals surface area contributed by atoms with E-state index in [0.717, 1.165) is 37.9 Å². The molecule has 1 fully saturated rings. The van der Waals surface area contributed by atoms with Crippen LogP contribution in [0.5, 0.6) is 0 Å². The molecular formula is C14H23BrN2O. The van der Waals surface area contributed by atoms with Crippen molar-refractivity contribution in [3.8, 4) is 0 Å². The lowest BCUT2D eigenvalue weighted by Crippen LogP contribution is -2.18. The molecule has 0 amide bonds. The highest BCUT2D eigenvalue weighted by atomic mass is 79.9. The molecule has 18 heavy (non-hydrogen) atoms. The van der Waals surface area contributed by atoms with E-state index in [9.17, 15) is 5.11 Å². The molecule has 0 radical (unpaired) electrons. The Bertz CT molecular complexity index is 416. The van der Waals surface area contributed by atoms with Gasteiger partial charge >= 0.3 is 0 Å². The molecule has 3 unspecified atom stereocenters. The van der Waals surface area contributed by atoms with Gasteiger partial charge in [-0.15, -0.1) is 0 Å². The van der Waals surface area contributed by atoms with Crippen molar-refractivity contribution in [3.05, 3.63) is 15.9 Å². The van der Waals surface area contributed by atoms with Gasteiger partial charge in [0.05, 0.1) is 22.0 Å². The van der Waals surface area contributed by atoms with Gasteiger partial charge in [0.15, 0.2) is 0 Å². The molecule has 3 atom stereocenters. The second-order valence-electron chi connectivity index (χ2n) is 5.34. The van der Waals surface area contributed by atoms with Gasteiger partial charge in [-0.05, 0) is 60.4 Å². The van der Waals surface area contributed by atoms with Crippen LogP contribution in [0.15, 0.2) is 4.47 Å². The number of aryl methyl sites for hydroxylation is 2. The zero-order chi connectivity index (χ0) is 13.3. The Morgan fingerprint density at radius 3 is 2.61 bits per heavy atom. The third-order valence-electron chi connectivity index (χ3n) is 4.33. The van der Waals surface area contributed by atoms with Gasteiger partial charge in [0, 0.05) is 6.54 Å². The molecule has 0 spiro atoms. The van der Waals surface area contributed by atoms with Gasteiger partial charge in [-0.25, -0.2) is 0 Å². The number of halogens is 1. The lowest BCUT2D eigenvalue weighted by Gasteiger charge is -2.18. The Kier molecular flexibility index (Phi) is 4.49. The van der Waals surface area contributed by atoms with Crippen molar-refractivity contribution < 1.29 is 5.11 Å². The molecule has 1 saturated carbocycles. The molecule has 1 aromatic heterocycles. The Morgan fingerprint density at radius 1 is 1.39 bits per heavy atom. The van der Waals surface area contributed by atoms with Crippen LogP contribution in [0.2, 0.25) is 0 Å². The minimum Gasteiger partial charge on any atom is -0.393 e. The minimum absolute atomic E-state index is 0.114. The highest BCUT2D eigenvalue weighted by Gasteiger charge is 2.32. The Morgan fingerprint density at radius 2 is 2.11 bits per heavy atom. The SMILES string of the molecule is CCc1nn(CC)c(CC2CCC(O)C2C)c1Br. The van der Waals surface area contributed by atoms with Crippen LogP contribution < -0.4 is 0 Å². The van der Waals surface area contributed by atoms with Crippen molar-refractivity contribution in [1.29, 1.82) is 0 Å². The first kappa shape index (κ1) is 14.1. The Labute approximate surface area is 118 Å².